The Morgan fingerprint density at radius 3 is 2.35 bits per heavy atom. The maximum absolute atomic E-state index is 12.9. The molecule has 2 atom stereocenters. The molecule has 0 aromatic carbocycles. The molecule has 0 aromatic heterocycles. The van der Waals surface area contributed by atoms with Gasteiger partial charge in [-0.3, -0.25) is 9.69 Å². The van der Waals surface area contributed by atoms with Crippen LogP contribution in [0.3, 0.4) is 0 Å². The van der Waals surface area contributed by atoms with E-state index in [1.807, 2.05) is 0 Å². The molecule has 2 unspecified atom stereocenters. The second-order valence-corrected chi connectivity index (χ2v) is 9.13. The van der Waals surface area contributed by atoms with Crippen molar-refractivity contribution < 1.29 is 4.79 Å². The molecule has 2 heterocycles. The average Bonchev–Trinajstić information content (AvgIpc) is 2.85. The first-order chi connectivity index (χ1) is 12.6. The van der Waals surface area contributed by atoms with Gasteiger partial charge in [-0.15, -0.1) is 0 Å². The van der Waals surface area contributed by atoms with Crippen LogP contribution in [0.25, 0.3) is 0 Å². The number of piperidine rings is 1. The van der Waals surface area contributed by atoms with Crippen LogP contribution in [0.5, 0.6) is 0 Å². The fraction of sp³-hybridized carbons (Fsp3) is 0.909. The van der Waals surface area contributed by atoms with Gasteiger partial charge in [-0.2, -0.15) is 0 Å². The summed E-state index contributed by atoms with van der Waals surface area (Å²) in [6.45, 7) is 4.06. The van der Waals surface area contributed by atoms with Crippen molar-refractivity contribution in [3.63, 3.8) is 0 Å². The molecule has 2 saturated heterocycles. The molecule has 4 nitrogen and oxygen atoms in total. The maximum Gasteiger partial charge on any atom is 0.222 e. The Bertz CT molecular complexity index is 417. The third-order valence-corrected chi connectivity index (χ3v) is 6.83. The van der Waals surface area contributed by atoms with Crippen LogP contribution >= 0.6 is 0 Å². The topological polar surface area (TPSA) is 26.8 Å². The lowest BCUT2D eigenvalue weighted by atomic mass is 9.89. The molecule has 1 amide bonds. The number of rotatable bonds is 9. The van der Waals surface area contributed by atoms with Gasteiger partial charge in [0, 0.05) is 38.1 Å². The summed E-state index contributed by atoms with van der Waals surface area (Å²) in [5.41, 5.74) is 0. The summed E-state index contributed by atoms with van der Waals surface area (Å²) in [4.78, 5) is 20.1. The standard InChI is InChI=1S/C22H40N3O/c1-23(2)15-7-12-22(26)24(18-19-8-4-3-5-9-19)16-17-25-20-10-6-11-21(25)14-13-20/h6,19-21H,3-5,7-18H2,1-2H3. The van der Waals surface area contributed by atoms with Crippen molar-refractivity contribution >= 4 is 5.91 Å². The Balaban J connectivity index is 1.52. The number of fused-ring (bicyclic) bond motifs is 2. The molecule has 1 saturated carbocycles. The summed E-state index contributed by atoms with van der Waals surface area (Å²) in [7, 11) is 4.18. The smallest absolute Gasteiger partial charge is 0.222 e. The molecule has 0 aromatic rings. The summed E-state index contributed by atoms with van der Waals surface area (Å²) in [6, 6.07) is 1.52. The molecule has 2 bridgehead atoms. The summed E-state index contributed by atoms with van der Waals surface area (Å²) in [5, 5.41) is 0. The van der Waals surface area contributed by atoms with E-state index in [1.54, 1.807) is 0 Å². The first-order valence-corrected chi connectivity index (χ1v) is 11.1. The van der Waals surface area contributed by atoms with E-state index in [-0.39, 0.29) is 0 Å². The summed E-state index contributed by atoms with van der Waals surface area (Å²) in [5.74, 6) is 1.14. The van der Waals surface area contributed by atoms with Crippen molar-refractivity contribution in [1.29, 1.82) is 0 Å². The molecule has 1 aliphatic carbocycles. The van der Waals surface area contributed by atoms with Crippen LogP contribution in [0.4, 0.5) is 0 Å². The first kappa shape index (κ1) is 20.1. The lowest BCUT2D eigenvalue weighted by molar-refractivity contribution is -0.132. The van der Waals surface area contributed by atoms with Gasteiger partial charge in [-0.25, -0.2) is 0 Å². The highest BCUT2D eigenvalue weighted by molar-refractivity contribution is 5.76. The second-order valence-electron chi connectivity index (χ2n) is 9.13. The quantitative estimate of drug-likeness (QED) is 0.627. The van der Waals surface area contributed by atoms with Crippen LogP contribution in [0, 0.1) is 12.3 Å². The van der Waals surface area contributed by atoms with Crippen molar-refractivity contribution in [3.8, 4) is 0 Å². The minimum atomic E-state index is 0.397. The molecule has 26 heavy (non-hydrogen) atoms. The molecule has 4 heteroatoms. The van der Waals surface area contributed by atoms with E-state index in [4.69, 9.17) is 0 Å². The highest BCUT2D eigenvalue weighted by Crippen LogP contribution is 2.34. The fourth-order valence-electron chi connectivity index (χ4n) is 5.31. The van der Waals surface area contributed by atoms with Gasteiger partial charge in [-0.1, -0.05) is 19.3 Å². The molecule has 0 spiro atoms. The number of carbonyl (C=O) groups is 1. The van der Waals surface area contributed by atoms with Gasteiger partial charge in [0.2, 0.25) is 5.91 Å². The van der Waals surface area contributed by atoms with E-state index in [0.29, 0.717) is 12.3 Å². The fourth-order valence-corrected chi connectivity index (χ4v) is 5.31. The molecular formula is C22H40N3O. The monoisotopic (exact) mass is 362 g/mol. The Kier molecular flexibility index (Phi) is 7.80. The zero-order valence-corrected chi connectivity index (χ0v) is 17.2. The number of nitrogens with zero attached hydrogens (tertiary/aromatic N) is 3. The van der Waals surface area contributed by atoms with Crippen molar-refractivity contribution in [2.75, 3.05) is 40.3 Å². The third kappa shape index (κ3) is 5.69. The number of amides is 1. The molecule has 149 valence electrons. The van der Waals surface area contributed by atoms with E-state index in [0.717, 1.165) is 50.6 Å². The zero-order valence-electron chi connectivity index (χ0n) is 17.2. The van der Waals surface area contributed by atoms with Crippen molar-refractivity contribution in [2.24, 2.45) is 5.92 Å². The van der Waals surface area contributed by atoms with E-state index in [1.165, 1.54) is 57.8 Å². The lowest BCUT2D eigenvalue weighted by Crippen LogP contribution is -2.46. The Labute approximate surface area is 161 Å². The largest absolute Gasteiger partial charge is 0.341 e. The Morgan fingerprint density at radius 1 is 1.00 bits per heavy atom. The third-order valence-electron chi connectivity index (χ3n) is 6.83. The van der Waals surface area contributed by atoms with Gasteiger partial charge in [0.25, 0.3) is 0 Å². The van der Waals surface area contributed by atoms with E-state index in [2.05, 4.69) is 35.2 Å². The predicted molar refractivity (Wildman–Crippen MR) is 108 cm³/mol. The van der Waals surface area contributed by atoms with Crippen LogP contribution in [0.1, 0.15) is 70.6 Å². The summed E-state index contributed by atoms with van der Waals surface area (Å²) in [6.07, 6.45) is 16.2. The van der Waals surface area contributed by atoms with Crippen molar-refractivity contribution in [1.82, 2.24) is 14.7 Å². The lowest BCUT2D eigenvalue weighted by Gasteiger charge is -2.37. The predicted octanol–water partition coefficient (Wildman–Crippen LogP) is 3.57. The van der Waals surface area contributed by atoms with Gasteiger partial charge < -0.3 is 9.80 Å². The highest BCUT2D eigenvalue weighted by atomic mass is 16.2. The second kappa shape index (κ2) is 10.1. The minimum Gasteiger partial charge on any atom is -0.341 e. The van der Waals surface area contributed by atoms with Crippen LogP contribution in [-0.2, 0) is 4.79 Å². The van der Waals surface area contributed by atoms with Crippen LogP contribution in [0.2, 0.25) is 0 Å². The molecule has 2 aliphatic heterocycles. The number of hydrogen-bond acceptors (Lipinski definition) is 3. The van der Waals surface area contributed by atoms with Crippen LogP contribution < -0.4 is 0 Å². The van der Waals surface area contributed by atoms with Gasteiger partial charge in [0.15, 0.2) is 0 Å². The number of carbonyl (C=O) groups excluding carboxylic acids is 1. The molecule has 0 N–H and O–H groups in total. The molecule has 3 aliphatic rings. The Morgan fingerprint density at radius 2 is 1.69 bits per heavy atom. The molecular weight excluding hydrogens is 322 g/mol. The van der Waals surface area contributed by atoms with Crippen LogP contribution in [0.15, 0.2) is 0 Å². The first-order valence-electron chi connectivity index (χ1n) is 11.1. The average molecular weight is 363 g/mol. The highest BCUT2D eigenvalue weighted by Gasteiger charge is 2.36. The van der Waals surface area contributed by atoms with Gasteiger partial charge in [0.1, 0.15) is 0 Å². The van der Waals surface area contributed by atoms with E-state index >= 15 is 0 Å². The van der Waals surface area contributed by atoms with Gasteiger partial charge in [0.05, 0.1) is 0 Å². The summed E-state index contributed by atoms with van der Waals surface area (Å²) < 4.78 is 0. The normalized spacial score (nSPS) is 27.2. The molecule has 3 fully saturated rings. The maximum atomic E-state index is 12.9. The molecule has 1 radical (unpaired) electrons. The van der Waals surface area contributed by atoms with E-state index < -0.39 is 0 Å². The molecule has 3 rings (SSSR count). The van der Waals surface area contributed by atoms with Gasteiger partial charge in [-0.05, 0) is 77.9 Å². The van der Waals surface area contributed by atoms with Crippen LogP contribution in [-0.4, -0.2) is 73.0 Å². The SMILES string of the molecule is CN(C)CCCC(=O)N(CCN1C2C[CH]CC1CC2)CC1CCCCC1. The van der Waals surface area contributed by atoms with Gasteiger partial charge >= 0.3 is 0 Å². The van der Waals surface area contributed by atoms with E-state index in [9.17, 15) is 4.79 Å². The van der Waals surface area contributed by atoms with Crippen molar-refractivity contribution in [3.05, 3.63) is 6.42 Å². The Hall–Kier alpha value is -0.610. The minimum absolute atomic E-state index is 0.397. The number of hydrogen-bond donors (Lipinski definition) is 0. The zero-order chi connectivity index (χ0) is 18.4. The summed E-state index contributed by atoms with van der Waals surface area (Å²) >= 11 is 0. The van der Waals surface area contributed by atoms with Crippen molar-refractivity contribution in [2.45, 2.75) is 82.7 Å².